The Morgan fingerprint density at radius 3 is 2.44 bits per heavy atom. The first-order chi connectivity index (χ1) is 12.7. The SMILES string of the molecule is O=S(=O)(c1ccc(C(F)(F)F)cc1)N1CCn2c(O)c3cccnc3c2C1. The van der Waals surface area contributed by atoms with Crippen LogP contribution in [0.4, 0.5) is 13.2 Å². The minimum absolute atomic E-state index is 0.0275. The lowest BCUT2D eigenvalue weighted by Gasteiger charge is -2.28. The van der Waals surface area contributed by atoms with Crippen LogP contribution in [-0.2, 0) is 29.3 Å². The molecular formula is C17H14F3N3O3S. The number of benzene rings is 1. The van der Waals surface area contributed by atoms with Gasteiger partial charge < -0.3 is 9.67 Å². The van der Waals surface area contributed by atoms with E-state index in [1.54, 1.807) is 22.9 Å². The van der Waals surface area contributed by atoms with Crippen molar-refractivity contribution in [3.8, 4) is 5.88 Å². The average molecular weight is 397 g/mol. The molecule has 6 nitrogen and oxygen atoms in total. The maximum atomic E-state index is 12.9. The molecule has 142 valence electrons. The van der Waals surface area contributed by atoms with Gasteiger partial charge in [-0.15, -0.1) is 0 Å². The molecule has 10 heteroatoms. The molecule has 0 fully saturated rings. The number of alkyl halides is 3. The molecule has 0 aliphatic carbocycles. The van der Waals surface area contributed by atoms with Gasteiger partial charge in [-0.1, -0.05) is 0 Å². The van der Waals surface area contributed by atoms with Crippen LogP contribution in [0, 0.1) is 0 Å². The molecule has 3 aromatic rings. The predicted molar refractivity (Wildman–Crippen MR) is 90.4 cm³/mol. The number of hydrogen-bond acceptors (Lipinski definition) is 4. The van der Waals surface area contributed by atoms with E-state index in [1.807, 2.05) is 0 Å². The first kappa shape index (κ1) is 17.8. The summed E-state index contributed by atoms with van der Waals surface area (Å²) >= 11 is 0. The smallest absolute Gasteiger partial charge is 0.416 e. The molecule has 0 unspecified atom stereocenters. The third-order valence-electron chi connectivity index (χ3n) is 4.62. The van der Waals surface area contributed by atoms with Gasteiger partial charge in [-0.3, -0.25) is 4.98 Å². The molecule has 4 rings (SSSR count). The second-order valence-corrected chi connectivity index (χ2v) is 8.12. The highest BCUT2D eigenvalue weighted by molar-refractivity contribution is 7.89. The summed E-state index contributed by atoms with van der Waals surface area (Å²) in [5.74, 6) is 0.0275. The van der Waals surface area contributed by atoms with E-state index >= 15 is 0 Å². The van der Waals surface area contributed by atoms with Crippen molar-refractivity contribution in [3.05, 3.63) is 53.9 Å². The topological polar surface area (TPSA) is 75.4 Å². The predicted octanol–water partition coefficient (Wildman–Crippen LogP) is 2.97. The molecule has 0 amide bonds. The van der Waals surface area contributed by atoms with Crippen molar-refractivity contribution in [1.29, 1.82) is 0 Å². The third kappa shape index (κ3) is 2.85. The van der Waals surface area contributed by atoms with Crippen molar-refractivity contribution in [2.75, 3.05) is 6.54 Å². The molecule has 1 aliphatic heterocycles. The molecule has 0 radical (unpaired) electrons. The highest BCUT2D eigenvalue weighted by Gasteiger charge is 2.34. The minimum Gasteiger partial charge on any atom is -0.494 e. The van der Waals surface area contributed by atoms with Crippen molar-refractivity contribution in [3.63, 3.8) is 0 Å². The van der Waals surface area contributed by atoms with Gasteiger partial charge in [0, 0.05) is 19.3 Å². The Bertz CT molecular complexity index is 1120. The molecule has 27 heavy (non-hydrogen) atoms. The number of aromatic nitrogens is 2. The minimum atomic E-state index is -4.53. The molecule has 0 saturated carbocycles. The Kier molecular flexibility index (Phi) is 3.93. The number of aromatic hydroxyl groups is 1. The molecule has 0 saturated heterocycles. The number of nitrogens with zero attached hydrogens (tertiary/aromatic N) is 3. The zero-order valence-corrected chi connectivity index (χ0v) is 14.6. The van der Waals surface area contributed by atoms with Crippen molar-refractivity contribution < 1.29 is 26.7 Å². The molecule has 0 atom stereocenters. The third-order valence-corrected chi connectivity index (χ3v) is 6.48. The molecule has 3 heterocycles. The average Bonchev–Trinajstić information content (AvgIpc) is 2.94. The number of fused-ring (bicyclic) bond motifs is 3. The largest absolute Gasteiger partial charge is 0.494 e. The van der Waals surface area contributed by atoms with E-state index < -0.39 is 21.8 Å². The van der Waals surface area contributed by atoms with Crippen LogP contribution in [-0.4, -0.2) is 33.9 Å². The lowest BCUT2D eigenvalue weighted by atomic mass is 10.2. The summed E-state index contributed by atoms with van der Waals surface area (Å²) in [7, 11) is -3.98. The van der Waals surface area contributed by atoms with Gasteiger partial charge in [0.25, 0.3) is 0 Å². The summed E-state index contributed by atoms with van der Waals surface area (Å²) in [6, 6.07) is 6.78. The van der Waals surface area contributed by atoms with Crippen LogP contribution in [0.15, 0.2) is 47.5 Å². The Hall–Kier alpha value is -2.59. The summed E-state index contributed by atoms with van der Waals surface area (Å²) in [6.07, 6.45) is -2.98. The van der Waals surface area contributed by atoms with Crippen LogP contribution >= 0.6 is 0 Å². The Morgan fingerprint density at radius 2 is 1.78 bits per heavy atom. The summed E-state index contributed by atoms with van der Waals surface area (Å²) in [5.41, 5.74) is 0.140. The Balaban J connectivity index is 1.70. The first-order valence-corrected chi connectivity index (χ1v) is 9.46. The fourth-order valence-corrected chi connectivity index (χ4v) is 4.64. The van der Waals surface area contributed by atoms with Gasteiger partial charge in [-0.05, 0) is 36.4 Å². The van der Waals surface area contributed by atoms with E-state index in [-0.39, 0.29) is 30.4 Å². The monoisotopic (exact) mass is 397 g/mol. The maximum Gasteiger partial charge on any atom is 0.416 e. The van der Waals surface area contributed by atoms with Crippen LogP contribution < -0.4 is 0 Å². The molecular weight excluding hydrogens is 383 g/mol. The second kappa shape index (κ2) is 5.96. The van der Waals surface area contributed by atoms with Gasteiger partial charge in [0.05, 0.1) is 33.6 Å². The fourth-order valence-electron chi connectivity index (χ4n) is 3.25. The maximum absolute atomic E-state index is 12.9. The van der Waals surface area contributed by atoms with Crippen molar-refractivity contribution >= 4 is 20.9 Å². The van der Waals surface area contributed by atoms with E-state index in [9.17, 15) is 26.7 Å². The number of pyridine rings is 1. The number of sulfonamides is 1. The number of halogens is 3. The zero-order valence-electron chi connectivity index (χ0n) is 13.8. The molecule has 1 N–H and O–H groups in total. The lowest BCUT2D eigenvalue weighted by molar-refractivity contribution is -0.137. The second-order valence-electron chi connectivity index (χ2n) is 6.18. The highest BCUT2D eigenvalue weighted by Crippen LogP contribution is 2.35. The van der Waals surface area contributed by atoms with E-state index in [1.165, 1.54) is 4.31 Å². The van der Waals surface area contributed by atoms with Crippen molar-refractivity contribution in [2.24, 2.45) is 0 Å². The van der Waals surface area contributed by atoms with Crippen LogP contribution in [0.3, 0.4) is 0 Å². The van der Waals surface area contributed by atoms with E-state index in [0.29, 0.717) is 16.6 Å². The lowest BCUT2D eigenvalue weighted by Crippen LogP contribution is -2.38. The van der Waals surface area contributed by atoms with Gasteiger partial charge >= 0.3 is 6.18 Å². The summed E-state index contributed by atoms with van der Waals surface area (Å²) in [5, 5.41) is 10.8. The van der Waals surface area contributed by atoms with Crippen LogP contribution in [0.1, 0.15) is 11.3 Å². The van der Waals surface area contributed by atoms with Crippen LogP contribution in [0.25, 0.3) is 10.9 Å². The standard InChI is InChI=1S/C17H14F3N3O3S/c18-17(19,20)11-3-5-12(6-4-11)27(25,26)22-8-9-23-14(10-22)15-13(16(23)24)2-1-7-21-15/h1-7,24H,8-10H2. The fraction of sp³-hybridized carbons (Fsp3) is 0.235. The summed E-state index contributed by atoms with van der Waals surface area (Å²) in [6.45, 7) is 0.278. The number of hydrogen-bond donors (Lipinski definition) is 1. The quantitative estimate of drug-likeness (QED) is 0.722. The summed E-state index contributed by atoms with van der Waals surface area (Å²) < 4.78 is 66.6. The van der Waals surface area contributed by atoms with Crippen LogP contribution in [0.2, 0.25) is 0 Å². The first-order valence-electron chi connectivity index (χ1n) is 8.02. The van der Waals surface area contributed by atoms with Gasteiger partial charge in [0.2, 0.25) is 15.9 Å². The van der Waals surface area contributed by atoms with E-state index in [0.717, 1.165) is 24.3 Å². The van der Waals surface area contributed by atoms with Crippen LogP contribution in [0.5, 0.6) is 5.88 Å². The normalized spacial score (nSPS) is 15.8. The van der Waals surface area contributed by atoms with E-state index in [2.05, 4.69) is 4.98 Å². The molecule has 0 spiro atoms. The Morgan fingerprint density at radius 1 is 1.07 bits per heavy atom. The van der Waals surface area contributed by atoms with Gasteiger partial charge in [0.1, 0.15) is 0 Å². The summed E-state index contributed by atoms with van der Waals surface area (Å²) in [4.78, 5) is 4.00. The van der Waals surface area contributed by atoms with Gasteiger partial charge in [-0.25, -0.2) is 8.42 Å². The molecule has 0 bridgehead atoms. The van der Waals surface area contributed by atoms with E-state index in [4.69, 9.17) is 0 Å². The molecule has 2 aromatic heterocycles. The van der Waals surface area contributed by atoms with Gasteiger partial charge in [0.15, 0.2) is 0 Å². The molecule has 1 aromatic carbocycles. The van der Waals surface area contributed by atoms with Gasteiger partial charge in [-0.2, -0.15) is 17.5 Å². The Labute approximate surface area is 152 Å². The number of rotatable bonds is 2. The van der Waals surface area contributed by atoms with Crippen molar-refractivity contribution in [1.82, 2.24) is 13.9 Å². The van der Waals surface area contributed by atoms with Crippen molar-refractivity contribution in [2.45, 2.75) is 24.2 Å². The highest BCUT2D eigenvalue weighted by atomic mass is 32.2. The molecule has 1 aliphatic rings. The zero-order chi connectivity index (χ0) is 19.4.